The van der Waals surface area contributed by atoms with Crippen molar-refractivity contribution < 1.29 is 9.59 Å². The smallest absolute Gasteiger partial charge is 0.230 e. The van der Waals surface area contributed by atoms with Crippen LogP contribution in [0.15, 0.2) is 0 Å². The summed E-state index contributed by atoms with van der Waals surface area (Å²) in [4.78, 5) is 25.6. The quantitative estimate of drug-likeness (QED) is 0.720. The van der Waals surface area contributed by atoms with Crippen LogP contribution in [0.25, 0.3) is 0 Å². The summed E-state index contributed by atoms with van der Waals surface area (Å²) in [5.74, 6) is 0.00286. The summed E-state index contributed by atoms with van der Waals surface area (Å²) in [6.07, 6.45) is 2.32. The molecular weight excluding hydrogens is 228 g/mol. The van der Waals surface area contributed by atoms with Gasteiger partial charge in [0, 0.05) is 17.5 Å². The lowest BCUT2D eigenvalue weighted by Crippen LogP contribution is -2.59. The van der Waals surface area contributed by atoms with Gasteiger partial charge in [0.15, 0.2) is 0 Å². The predicted octanol–water partition coefficient (Wildman–Crippen LogP) is 1.55. The van der Waals surface area contributed by atoms with Crippen LogP contribution in [0, 0.1) is 11.8 Å². The Labute approximate surface area is 109 Å². The van der Waals surface area contributed by atoms with E-state index in [0.717, 1.165) is 12.8 Å². The fourth-order valence-corrected chi connectivity index (χ4v) is 3.69. The van der Waals surface area contributed by atoms with E-state index in [2.05, 4.69) is 45.0 Å². The van der Waals surface area contributed by atoms with Gasteiger partial charge in [-0.25, -0.2) is 0 Å². The van der Waals surface area contributed by atoms with Crippen LogP contribution in [0.3, 0.4) is 0 Å². The van der Waals surface area contributed by atoms with E-state index >= 15 is 0 Å². The van der Waals surface area contributed by atoms with Crippen molar-refractivity contribution in [3.63, 3.8) is 0 Å². The number of carbonyl (C=O) groups excluding carboxylic acids is 2. The van der Waals surface area contributed by atoms with Crippen molar-refractivity contribution in [1.82, 2.24) is 10.2 Å². The number of carbonyl (C=O) groups is 2. The zero-order valence-corrected chi connectivity index (χ0v) is 12.0. The third kappa shape index (κ3) is 2.18. The monoisotopic (exact) mass is 252 g/mol. The van der Waals surface area contributed by atoms with Crippen LogP contribution in [0.5, 0.6) is 0 Å². The maximum atomic E-state index is 11.8. The zero-order chi connectivity index (χ0) is 13.7. The molecule has 2 aliphatic rings. The molecule has 2 aliphatic heterocycles. The van der Waals surface area contributed by atoms with Crippen molar-refractivity contribution in [2.24, 2.45) is 11.8 Å². The average molecular weight is 252 g/mol. The molecule has 2 fully saturated rings. The lowest BCUT2D eigenvalue weighted by molar-refractivity contribution is -0.127. The van der Waals surface area contributed by atoms with Crippen LogP contribution in [0.4, 0.5) is 0 Å². The van der Waals surface area contributed by atoms with Crippen molar-refractivity contribution in [1.29, 1.82) is 0 Å². The van der Waals surface area contributed by atoms with E-state index in [4.69, 9.17) is 0 Å². The van der Waals surface area contributed by atoms with Crippen molar-refractivity contribution in [3.8, 4) is 0 Å². The van der Waals surface area contributed by atoms with Crippen LogP contribution >= 0.6 is 0 Å². The lowest BCUT2D eigenvalue weighted by Gasteiger charge is -2.54. The highest BCUT2D eigenvalue weighted by molar-refractivity contribution is 6.03. The molecule has 1 atom stereocenters. The van der Waals surface area contributed by atoms with Gasteiger partial charge in [0.2, 0.25) is 11.8 Å². The molecule has 0 radical (unpaired) electrons. The topological polar surface area (TPSA) is 49.4 Å². The Hall–Kier alpha value is -0.900. The number of nitrogens with zero attached hydrogens (tertiary/aromatic N) is 1. The number of likely N-dealkylation sites (tertiary alicyclic amines) is 1. The molecule has 4 heteroatoms. The molecule has 102 valence electrons. The summed E-state index contributed by atoms with van der Waals surface area (Å²) >= 11 is 0. The van der Waals surface area contributed by atoms with Gasteiger partial charge in [-0.3, -0.25) is 19.8 Å². The van der Waals surface area contributed by atoms with Gasteiger partial charge < -0.3 is 0 Å². The van der Waals surface area contributed by atoms with E-state index in [1.54, 1.807) is 0 Å². The molecule has 0 aromatic carbocycles. The molecule has 0 spiro atoms. The van der Waals surface area contributed by atoms with Crippen molar-refractivity contribution >= 4 is 11.8 Å². The highest BCUT2D eigenvalue weighted by atomic mass is 16.2. The molecular formula is C14H24N2O2. The first kappa shape index (κ1) is 13.5. The van der Waals surface area contributed by atoms with Gasteiger partial charge in [-0.05, 0) is 53.5 Å². The minimum Gasteiger partial charge on any atom is -0.296 e. The molecule has 2 heterocycles. The molecule has 0 aromatic heterocycles. The first-order chi connectivity index (χ1) is 8.13. The van der Waals surface area contributed by atoms with Crippen molar-refractivity contribution in [2.45, 2.75) is 58.0 Å². The summed E-state index contributed by atoms with van der Waals surface area (Å²) in [5, 5.41) is 2.44. The Morgan fingerprint density at radius 3 is 2.00 bits per heavy atom. The molecule has 1 N–H and O–H groups in total. The van der Waals surface area contributed by atoms with Gasteiger partial charge in [0.05, 0.1) is 5.92 Å². The van der Waals surface area contributed by atoms with Gasteiger partial charge in [-0.15, -0.1) is 0 Å². The van der Waals surface area contributed by atoms with Gasteiger partial charge in [0.1, 0.15) is 0 Å². The number of nitrogens with one attached hydrogen (secondary N) is 1. The summed E-state index contributed by atoms with van der Waals surface area (Å²) in [6, 6.07) is 0. The van der Waals surface area contributed by atoms with E-state index < -0.39 is 0 Å². The molecule has 0 saturated carbocycles. The molecule has 0 aliphatic carbocycles. The summed E-state index contributed by atoms with van der Waals surface area (Å²) < 4.78 is 0. The minimum atomic E-state index is -0.121. The Bertz CT molecular complexity index is 369. The maximum absolute atomic E-state index is 11.8. The van der Waals surface area contributed by atoms with Gasteiger partial charge in [-0.2, -0.15) is 0 Å². The Morgan fingerprint density at radius 2 is 1.61 bits per heavy atom. The number of rotatable bonds is 1. The fraction of sp³-hybridized carbons (Fsp3) is 0.857. The second-order valence-corrected chi connectivity index (χ2v) is 7.08. The normalized spacial score (nSPS) is 32.6. The highest BCUT2D eigenvalue weighted by Gasteiger charge is 2.48. The summed E-state index contributed by atoms with van der Waals surface area (Å²) in [7, 11) is 2.15. The molecule has 2 saturated heterocycles. The van der Waals surface area contributed by atoms with E-state index in [1.165, 1.54) is 0 Å². The largest absolute Gasteiger partial charge is 0.296 e. The second-order valence-electron chi connectivity index (χ2n) is 7.08. The first-order valence-corrected chi connectivity index (χ1v) is 6.71. The molecule has 0 bridgehead atoms. The van der Waals surface area contributed by atoms with Gasteiger partial charge >= 0.3 is 0 Å². The Kier molecular flexibility index (Phi) is 3.05. The van der Waals surface area contributed by atoms with Gasteiger partial charge in [0.25, 0.3) is 0 Å². The molecule has 4 nitrogen and oxygen atoms in total. The van der Waals surface area contributed by atoms with Gasteiger partial charge in [-0.1, -0.05) is 0 Å². The number of hydrogen-bond acceptors (Lipinski definition) is 3. The summed E-state index contributed by atoms with van der Waals surface area (Å²) in [5.41, 5.74) is 0.136. The van der Waals surface area contributed by atoms with Crippen LogP contribution in [0.2, 0.25) is 0 Å². The standard InChI is InChI=1S/C14H24N2O2/c1-13(2)7-9(8-14(3,4)16(13)5)10-6-11(17)15-12(10)18/h9-10H,6-8H2,1-5H3,(H,15,17,18). The van der Waals surface area contributed by atoms with Crippen LogP contribution in [-0.2, 0) is 9.59 Å². The van der Waals surface area contributed by atoms with E-state index in [1.807, 2.05) is 0 Å². The number of amides is 2. The third-order valence-corrected chi connectivity index (χ3v) is 4.91. The second kappa shape index (κ2) is 4.05. The van der Waals surface area contributed by atoms with Crippen molar-refractivity contribution in [2.75, 3.05) is 7.05 Å². The van der Waals surface area contributed by atoms with E-state index in [0.29, 0.717) is 12.3 Å². The number of hydrogen-bond donors (Lipinski definition) is 1. The average Bonchev–Trinajstić information content (AvgIpc) is 2.53. The predicted molar refractivity (Wildman–Crippen MR) is 69.9 cm³/mol. The van der Waals surface area contributed by atoms with Crippen LogP contribution < -0.4 is 5.32 Å². The van der Waals surface area contributed by atoms with E-state index in [-0.39, 0.29) is 28.8 Å². The van der Waals surface area contributed by atoms with Crippen LogP contribution in [-0.4, -0.2) is 34.8 Å². The first-order valence-electron chi connectivity index (χ1n) is 6.71. The molecule has 18 heavy (non-hydrogen) atoms. The highest BCUT2D eigenvalue weighted by Crippen LogP contribution is 2.44. The summed E-state index contributed by atoms with van der Waals surface area (Å²) in [6.45, 7) is 8.87. The lowest BCUT2D eigenvalue weighted by atomic mass is 9.69. The third-order valence-electron chi connectivity index (χ3n) is 4.91. The van der Waals surface area contributed by atoms with Crippen molar-refractivity contribution in [3.05, 3.63) is 0 Å². The number of piperidine rings is 1. The SMILES string of the molecule is CN1C(C)(C)CC(C2CC(=O)NC2=O)CC1(C)C. The maximum Gasteiger partial charge on any atom is 0.230 e. The Balaban J connectivity index is 2.21. The zero-order valence-electron chi connectivity index (χ0n) is 12.0. The minimum absolute atomic E-state index is 0.0678. The Morgan fingerprint density at radius 1 is 1.11 bits per heavy atom. The van der Waals surface area contributed by atoms with E-state index in [9.17, 15) is 9.59 Å². The molecule has 2 amide bonds. The fourth-order valence-electron chi connectivity index (χ4n) is 3.69. The van der Waals surface area contributed by atoms with Crippen LogP contribution in [0.1, 0.15) is 47.0 Å². The molecule has 2 rings (SSSR count). The molecule has 0 aromatic rings. The molecule has 1 unspecified atom stereocenters. The number of imide groups is 1.